The molecule has 0 atom stereocenters. The lowest BCUT2D eigenvalue weighted by atomic mass is 9.90. The van der Waals surface area contributed by atoms with Crippen molar-refractivity contribution in [2.45, 2.75) is 19.3 Å². The van der Waals surface area contributed by atoms with Crippen LogP contribution in [0.25, 0.3) is 10.8 Å². The van der Waals surface area contributed by atoms with Crippen LogP contribution in [0.2, 0.25) is 0 Å². The fourth-order valence-electron chi connectivity index (χ4n) is 3.41. The lowest BCUT2D eigenvalue weighted by Crippen LogP contribution is -2.14. The summed E-state index contributed by atoms with van der Waals surface area (Å²) in [5, 5.41) is 6.06. The van der Waals surface area contributed by atoms with Gasteiger partial charge < -0.3 is 9.57 Å². The van der Waals surface area contributed by atoms with Gasteiger partial charge in [-0.1, -0.05) is 41.6 Å². The summed E-state index contributed by atoms with van der Waals surface area (Å²) in [7, 11) is 1.66. The minimum absolute atomic E-state index is 0.435. The van der Waals surface area contributed by atoms with E-state index in [0.717, 1.165) is 47.1 Å². The van der Waals surface area contributed by atoms with Crippen LogP contribution in [0.3, 0.4) is 0 Å². The second-order valence-corrected chi connectivity index (χ2v) is 6.32. The number of carbonyl (C=O) groups excluding carboxylic acids is 1. The van der Waals surface area contributed by atoms with Gasteiger partial charge in [-0.05, 0) is 59.9 Å². The van der Waals surface area contributed by atoms with Crippen molar-refractivity contribution in [3.63, 3.8) is 0 Å². The molecule has 0 aromatic heterocycles. The monoisotopic (exact) mass is 345 g/mol. The molecule has 130 valence electrons. The normalized spacial score (nSPS) is 14.9. The van der Waals surface area contributed by atoms with Crippen molar-refractivity contribution in [1.29, 1.82) is 0 Å². The lowest BCUT2D eigenvalue weighted by Gasteiger charge is -2.18. The summed E-state index contributed by atoms with van der Waals surface area (Å²) in [6.45, 7) is 0. The van der Waals surface area contributed by atoms with Crippen LogP contribution in [0.5, 0.6) is 5.75 Å². The first-order valence-electron chi connectivity index (χ1n) is 8.69. The van der Waals surface area contributed by atoms with Gasteiger partial charge in [-0.2, -0.15) is 0 Å². The molecule has 0 N–H and O–H groups in total. The molecule has 0 radical (unpaired) electrons. The first-order valence-corrected chi connectivity index (χ1v) is 8.69. The Hall–Kier alpha value is -3.14. The number of hydrogen-bond donors (Lipinski definition) is 0. The van der Waals surface area contributed by atoms with Gasteiger partial charge in [-0.15, -0.1) is 0 Å². The zero-order chi connectivity index (χ0) is 17.9. The van der Waals surface area contributed by atoms with E-state index in [-0.39, 0.29) is 0 Å². The number of methoxy groups -OCH3 is 1. The molecule has 4 nitrogen and oxygen atoms in total. The Labute approximate surface area is 152 Å². The molecule has 0 bridgehead atoms. The topological polar surface area (TPSA) is 47.9 Å². The number of oxime groups is 1. The van der Waals surface area contributed by atoms with Crippen LogP contribution in [0.4, 0.5) is 0 Å². The average Bonchev–Trinajstić information content (AvgIpc) is 2.71. The van der Waals surface area contributed by atoms with Crippen LogP contribution in [0.1, 0.15) is 34.3 Å². The van der Waals surface area contributed by atoms with Crippen molar-refractivity contribution in [2.24, 2.45) is 5.16 Å². The second-order valence-electron chi connectivity index (χ2n) is 6.32. The predicted octanol–water partition coefficient (Wildman–Crippen LogP) is 4.75. The minimum atomic E-state index is -0.435. The van der Waals surface area contributed by atoms with Crippen LogP contribution < -0.4 is 4.74 Å². The van der Waals surface area contributed by atoms with E-state index in [0.29, 0.717) is 5.56 Å². The van der Waals surface area contributed by atoms with Gasteiger partial charge in [-0.25, -0.2) is 4.79 Å². The molecule has 0 aliphatic heterocycles. The summed E-state index contributed by atoms with van der Waals surface area (Å²) in [6, 6.07) is 19.3. The maximum Gasteiger partial charge on any atom is 0.366 e. The molecule has 1 aliphatic rings. The Morgan fingerprint density at radius 1 is 1.00 bits per heavy atom. The number of nitrogens with zero attached hydrogens (tertiary/aromatic N) is 1. The molecule has 0 unspecified atom stereocenters. The molecule has 1 aliphatic carbocycles. The number of benzene rings is 3. The lowest BCUT2D eigenvalue weighted by molar-refractivity contribution is 0.0518. The Balaban J connectivity index is 1.62. The molecule has 4 heteroatoms. The highest BCUT2D eigenvalue weighted by Gasteiger charge is 2.18. The van der Waals surface area contributed by atoms with Gasteiger partial charge >= 0.3 is 5.97 Å². The number of rotatable bonds is 3. The van der Waals surface area contributed by atoms with E-state index >= 15 is 0 Å². The second kappa shape index (κ2) is 7.00. The van der Waals surface area contributed by atoms with E-state index in [1.165, 1.54) is 5.56 Å². The van der Waals surface area contributed by atoms with Gasteiger partial charge in [0, 0.05) is 5.56 Å². The average molecular weight is 345 g/mol. The Kier molecular flexibility index (Phi) is 4.40. The van der Waals surface area contributed by atoms with E-state index in [2.05, 4.69) is 5.16 Å². The Morgan fingerprint density at radius 3 is 2.73 bits per heavy atom. The van der Waals surface area contributed by atoms with Crippen LogP contribution >= 0.6 is 0 Å². The van der Waals surface area contributed by atoms with Crippen molar-refractivity contribution < 1.29 is 14.4 Å². The maximum absolute atomic E-state index is 12.6. The van der Waals surface area contributed by atoms with Gasteiger partial charge in [0.25, 0.3) is 0 Å². The van der Waals surface area contributed by atoms with Gasteiger partial charge in [0.2, 0.25) is 0 Å². The predicted molar refractivity (Wildman–Crippen MR) is 102 cm³/mol. The number of carbonyl (C=O) groups is 1. The van der Waals surface area contributed by atoms with Gasteiger partial charge in [0.1, 0.15) is 5.75 Å². The third-order valence-electron chi connectivity index (χ3n) is 4.73. The maximum atomic E-state index is 12.6. The molecule has 0 saturated carbocycles. The third-order valence-corrected chi connectivity index (χ3v) is 4.73. The number of ether oxygens (including phenoxy) is 1. The van der Waals surface area contributed by atoms with E-state index < -0.39 is 5.97 Å². The third kappa shape index (κ3) is 3.06. The van der Waals surface area contributed by atoms with Crippen molar-refractivity contribution in [3.8, 4) is 5.75 Å². The molecular weight excluding hydrogens is 326 g/mol. The number of aryl methyl sites for hydroxylation is 1. The van der Waals surface area contributed by atoms with Gasteiger partial charge in [0.15, 0.2) is 0 Å². The highest BCUT2D eigenvalue weighted by atomic mass is 16.7. The molecule has 0 spiro atoms. The summed E-state index contributed by atoms with van der Waals surface area (Å²) in [5.41, 5.74) is 3.54. The van der Waals surface area contributed by atoms with Crippen molar-refractivity contribution in [3.05, 3.63) is 77.4 Å². The zero-order valence-electron chi connectivity index (χ0n) is 14.6. The Bertz CT molecular complexity index is 1000. The van der Waals surface area contributed by atoms with Gasteiger partial charge in [0.05, 0.1) is 18.4 Å². The smallest absolute Gasteiger partial charge is 0.366 e. The standard InChI is InChI=1S/C22H19NO3/c1-25-17-12-13-19-16(14-17)8-5-11-21(19)23-26-22(24)20-10-4-7-15-6-2-3-9-18(15)20/h2-4,6-7,9-10,12-14H,5,8,11H2,1H3/b23-21-. The molecule has 0 fully saturated rings. The highest BCUT2D eigenvalue weighted by molar-refractivity contribution is 6.06. The van der Waals surface area contributed by atoms with Crippen molar-refractivity contribution >= 4 is 22.5 Å². The largest absolute Gasteiger partial charge is 0.497 e. The number of fused-ring (bicyclic) bond motifs is 2. The Morgan fingerprint density at radius 2 is 1.85 bits per heavy atom. The molecule has 3 aromatic rings. The van der Waals surface area contributed by atoms with Crippen molar-refractivity contribution in [2.75, 3.05) is 7.11 Å². The van der Waals surface area contributed by atoms with Crippen molar-refractivity contribution in [1.82, 2.24) is 0 Å². The molecule has 0 saturated heterocycles. The molecule has 3 aromatic carbocycles. The fraction of sp³-hybridized carbons (Fsp3) is 0.182. The highest BCUT2D eigenvalue weighted by Crippen LogP contribution is 2.26. The van der Waals surface area contributed by atoms with E-state index in [4.69, 9.17) is 9.57 Å². The SMILES string of the molecule is COc1ccc2c(c1)CCC/C2=N/OC(=O)c1cccc2ccccc12. The first kappa shape index (κ1) is 16.3. The summed E-state index contributed by atoms with van der Waals surface area (Å²) < 4.78 is 5.29. The van der Waals surface area contributed by atoms with Crippen LogP contribution in [0.15, 0.2) is 65.8 Å². The van der Waals surface area contributed by atoms with Crippen LogP contribution in [-0.4, -0.2) is 18.8 Å². The molecule has 26 heavy (non-hydrogen) atoms. The van der Waals surface area contributed by atoms with Gasteiger partial charge in [-0.3, -0.25) is 0 Å². The molecule has 0 amide bonds. The van der Waals surface area contributed by atoms with E-state index in [9.17, 15) is 4.79 Å². The summed E-state index contributed by atoms with van der Waals surface area (Å²) in [5.74, 6) is 0.396. The summed E-state index contributed by atoms with van der Waals surface area (Å²) in [4.78, 5) is 17.9. The fourth-order valence-corrected chi connectivity index (χ4v) is 3.41. The van der Waals surface area contributed by atoms with E-state index in [1.807, 2.05) is 54.6 Å². The number of hydrogen-bond acceptors (Lipinski definition) is 4. The minimum Gasteiger partial charge on any atom is -0.497 e. The van der Waals surface area contributed by atoms with E-state index in [1.54, 1.807) is 13.2 Å². The molecular formula is C22H19NO3. The quantitative estimate of drug-likeness (QED) is 0.508. The zero-order valence-corrected chi connectivity index (χ0v) is 14.6. The first-order chi connectivity index (χ1) is 12.8. The van der Waals surface area contributed by atoms with Crippen LogP contribution in [0, 0.1) is 0 Å². The molecule has 0 heterocycles. The summed E-state index contributed by atoms with van der Waals surface area (Å²) >= 11 is 0. The summed E-state index contributed by atoms with van der Waals surface area (Å²) in [6.07, 6.45) is 2.75. The van der Waals surface area contributed by atoms with Crippen LogP contribution in [-0.2, 0) is 11.3 Å². The molecule has 4 rings (SSSR count).